The summed E-state index contributed by atoms with van der Waals surface area (Å²) >= 11 is 0. The lowest BCUT2D eigenvalue weighted by atomic mass is 10.2. The Morgan fingerprint density at radius 2 is 1.63 bits per heavy atom. The van der Waals surface area contributed by atoms with Gasteiger partial charge in [0.2, 0.25) is 0 Å². The molecule has 0 radical (unpaired) electrons. The number of halogens is 6. The molecule has 1 aromatic rings. The largest absolute Gasteiger partial charge is 0.487 e. The van der Waals surface area contributed by atoms with Crippen molar-refractivity contribution in [1.82, 2.24) is 0 Å². The smallest absolute Gasteiger partial charge is 0.425 e. The van der Waals surface area contributed by atoms with Crippen molar-refractivity contribution < 1.29 is 31.1 Å². The lowest BCUT2D eigenvalue weighted by molar-refractivity contribution is -0.250. The van der Waals surface area contributed by atoms with Crippen molar-refractivity contribution in [3.63, 3.8) is 0 Å². The fraction of sp³-hybridized carbons (Fsp3) is 0.364. The SMILES string of the molecule is N#Cc1ccc(OCC(F)(F)[C@@H](F)C(F)(F)F)cc1. The lowest BCUT2D eigenvalue weighted by Crippen LogP contribution is -2.45. The van der Waals surface area contributed by atoms with Crippen molar-refractivity contribution in [1.29, 1.82) is 5.26 Å². The van der Waals surface area contributed by atoms with E-state index < -0.39 is 24.9 Å². The van der Waals surface area contributed by atoms with Crippen molar-refractivity contribution in [2.75, 3.05) is 6.61 Å². The molecule has 2 nitrogen and oxygen atoms in total. The van der Waals surface area contributed by atoms with Crippen LogP contribution in [0.4, 0.5) is 26.3 Å². The van der Waals surface area contributed by atoms with Gasteiger partial charge in [0.15, 0.2) is 6.61 Å². The summed E-state index contributed by atoms with van der Waals surface area (Å²) in [6.45, 7) is -1.75. The third kappa shape index (κ3) is 4.05. The number of nitriles is 1. The Kier molecular flexibility index (Phi) is 4.29. The van der Waals surface area contributed by atoms with Crippen molar-refractivity contribution in [3.05, 3.63) is 29.8 Å². The number of nitrogens with zero attached hydrogens (tertiary/aromatic N) is 1. The molecule has 1 rings (SSSR count). The van der Waals surface area contributed by atoms with Crippen molar-refractivity contribution in [2.45, 2.75) is 18.3 Å². The molecule has 1 aromatic carbocycles. The molecule has 0 amide bonds. The van der Waals surface area contributed by atoms with Gasteiger partial charge in [-0.2, -0.15) is 27.2 Å². The minimum Gasteiger partial charge on any atom is -0.487 e. The molecule has 0 aliphatic heterocycles. The number of ether oxygens (including phenoxy) is 1. The van der Waals surface area contributed by atoms with Gasteiger partial charge in [-0.05, 0) is 24.3 Å². The van der Waals surface area contributed by atoms with Gasteiger partial charge in [0.05, 0.1) is 11.6 Å². The number of hydrogen-bond acceptors (Lipinski definition) is 2. The highest BCUT2D eigenvalue weighted by Crippen LogP contribution is 2.35. The van der Waals surface area contributed by atoms with E-state index in [-0.39, 0.29) is 11.3 Å². The van der Waals surface area contributed by atoms with Gasteiger partial charge in [0, 0.05) is 0 Å². The molecule has 0 aromatic heterocycles. The van der Waals surface area contributed by atoms with Gasteiger partial charge < -0.3 is 4.74 Å². The van der Waals surface area contributed by atoms with Crippen LogP contribution in [0.25, 0.3) is 0 Å². The summed E-state index contributed by atoms with van der Waals surface area (Å²) in [4.78, 5) is 0. The Balaban J connectivity index is 2.67. The van der Waals surface area contributed by atoms with Crippen molar-refractivity contribution in [3.8, 4) is 11.8 Å². The second-order valence-corrected chi connectivity index (χ2v) is 3.59. The van der Waals surface area contributed by atoms with Gasteiger partial charge in [0.1, 0.15) is 5.75 Å². The van der Waals surface area contributed by atoms with E-state index >= 15 is 0 Å². The van der Waals surface area contributed by atoms with E-state index in [2.05, 4.69) is 4.74 Å². The van der Waals surface area contributed by atoms with E-state index in [1.807, 2.05) is 0 Å². The summed E-state index contributed by atoms with van der Waals surface area (Å²) in [5.74, 6) is -4.88. The number of hydrogen-bond donors (Lipinski definition) is 0. The highest BCUT2D eigenvalue weighted by Gasteiger charge is 2.57. The molecule has 0 spiro atoms. The van der Waals surface area contributed by atoms with E-state index in [1.54, 1.807) is 6.07 Å². The maximum atomic E-state index is 12.9. The Labute approximate surface area is 104 Å². The number of alkyl halides is 6. The summed E-state index contributed by atoms with van der Waals surface area (Å²) in [7, 11) is 0. The van der Waals surface area contributed by atoms with Crippen molar-refractivity contribution in [2.24, 2.45) is 0 Å². The van der Waals surface area contributed by atoms with Gasteiger partial charge in [0.25, 0.3) is 6.17 Å². The summed E-state index contributed by atoms with van der Waals surface area (Å²) in [6.07, 6.45) is -9.95. The first-order valence-electron chi connectivity index (χ1n) is 4.88. The molecule has 1 atom stereocenters. The molecule has 8 heteroatoms. The zero-order valence-corrected chi connectivity index (χ0v) is 9.22. The van der Waals surface area contributed by atoms with Crippen LogP contribution in [-0.2, 0) is 0 Å². The highest BCUT2D eigenvalue weighted by atomic mass is 19.4. The predicted octanol–water partition coefficient (Wildman–Crippen LogP) is 3.47. The third-order valence-corrected chi connectivity index (χ3v) is 2.07. The molecule has 104 valence electrons. The van der Waals surface area contributed by atoms with Crippen LogP contribution in [0, 0.1) is 11.3 Å². The zero-order valence-electron chi connectivity index (χ0n) is 9.22. The Hall–Kier alpha value is -1.91. The second kappa shape index (κ2) is 5.38. The van der Waals surface area contributed by atoms with Gasteiger partial charge in [-0.3, -0.25) is 0 Å². The molecule has 0 saturated heterocycles. The lowest BCUT2D eigenvalue weighted by Gasteiger charge is -2.22. The first-order valence-corrected chi connectivity index (χ1v) is 4.88. The van der Waals surface area contributed by atoms with Crippen LogP contribution in [0.15, 0.2) is 24.3 Å². The first kappa shape index (κ1) is 15.1. The van der Waals surface area contributed by atoms with E-state index in [1.165, 1.54) is 12.1 Å². The Morgan fingerprint density at radius 1 is 1.11 bits per heavy atom. The van der Waals surface area contributed by atoms with Crippen LogP contribution in [0.2, 0.25) is 0 Å². The Morgan fingerprint density at radius 3 is 2.05 bits per heavy atom. The van der Waals surface area contributed by atoms with Crippen LogP contribution < -0.4 is 4.74 Å². The highest BCUT2D eigenvalue weighted by molar-refractivity contribution is 5.34. The van der Waals surface area contributed by atoms with E-state index in [0.717, 1.165) is 12.1 Å². The van der Waals surface area contributed by atoms with E-state index in [0.29, 0.717) is 0 Å². The van der Waals surface area contributed by atoms with Gasteiger partial charge in [-0.25, -0.2) is 4.39 Å². The molecular weight excluding hydrogens is 276 g/mol. The molecule has 0 aliphatic rings. The minimum absolute atomic E-state index is 0.187. The molecule has 0 saturated carbocycles. The number of benzene rings is 1. The maximum Gasteiger partial charge on any atom is 0.425 e. The van der Waals surface area contributed by atoms with Crippen molar-refractivity contribution >= 4 is 0 Å². The van der Waals surface area contributed by atoms with E-state index in [4.69, 9.17) is 5.26 Å². The molecular formula is C11H7F6NO. The maximum absolute atomic E-state index is 12.9. The molecule has 0 N–H and O–H groups in total. The number of rotatable bonds is 4. The van der Waals surface area contributed by atoms with Crippen LogP contribution in [0.1, 0.15) is 5.56 Å². The summed E-state index contributed by atoms with van der Waals surface area (Å²) < 4.78 is 78.1. The van der Waals surface area contributed by atoms with Crippen LogP contribution in [-0.4, -0.2) is 24.9 Å². The quantitative estimate of drug-likeness (QED) is 0.793. The Bertz CT molecular complexity index is 462. The fourth-order valence-corrected chi connectivity index (χ4v) is 1.12. The molecule has 0 unspecified atom stereocenters. The van der Waals surface area contributed by atoms with Gasteiger partial charge in [-0.15, -0.1) is 0 Å². The molecule has 0 heterocycles. The van der Waals surface area contributed by atoms with Crippen LogP contribution in [0.5, 0.6) is 5.75 Å². The second-order valence-electron chi connectivity index (χ2n) is 3.59. The predicted molar refractivity (Wildman–Crippen MR) is 52.6 cm³/mol. The van der Waals surface area contributed by atoms with Gasteiger partial charge >= 0.3 is 12.1 Å². The normalized spacial score (nSPS) is 13.7. The molecule has 19 heavy (non-hydrogen) atoms. The first-order chi connectivity index (χ1) is 8.66. The molecule has 0 bridgehead atoms. The molecule has 0 fully saturated rings. The third-order valence-electron chi connectivity index (χ3n) is 2.07. The average Bonchev–Trinajstić information content (AvgIpc) is 2.35. The summed E-state index contributed by atoms with van der Waals surface area (Å²) in [6, 6.07) is 6.45. The van der Waals surface area contributed by atoms with Gasteiger partial charge in [-0.1, -0.05) is 0 Å². The topological polar surface area (TPSA) is 33.0 Å². The van der Waals surface area contributed by atoms with Crippen LogP contribution >= 0.6 is 0 Å². The monoisotopic (exact) mass is 283 g/mol. The minimum atomic E-state index is -5.66. The average molecular weight is 283 g/mol. The summed E-state index contributed by atoms with van der Waals surface area (Å²) in [5.41, 5.74) is 0.220. The fourth-order valence-electron chi connectivity index (χ4n) is 1.12. The van der Waals surface area contributed by atoms with Crippen LogP contribution in [0.3, 0.4) is 0 Å². The molecule has 0 aliphatic carbocycles. The summed E-state index contributed by atoms with van der Waals surface area (Å²) in [5, 5.41) is 8.46. The zero-order chi connectivity index (χ0) is 14.7. The standard InChI is InChI=1S/C11H7F6NO/c12-9(11(15,16)17)10(13,14)6-19-8-3-1-7(5-18)2-4-8/h1-4,9H,6H2/t9-/m1/s1. The van der Waals surface area contributed by atoms with E-state index in [9.17, 15) is 26.3 Å².